The third-order valence-corrected chi connectivity index (χ3v) is 5.07. The zero-order chi connectivity index (χ0) is 18.8. The largest absolute Gasteiger partial charge is 0.504 e. The second-order valence-corrected chi connectivity index (χ2v) is 6.81. The van der Waals surface area contributed by atoms with Crippen LogP contribution in [0.4, 0.5) is 5.69 Å². The lowest BCUT2D eigenvalue weighted by Gasteiger charge is -2.39. The van der Waals surface area contributed by atoms with Gasteiger partial charge in [-0.25, -0.2) is 0 Å². The maximum Gasteiger partial charge on any atom is 0.257 e. The van der Waals surface area contributed by atoms with Crippen molar-refractivity contribution < 1.29 is 19.4 Å². The van der Waals surface area contributed by atoms with Crippen molar-refractivity contribution in [2.75, 3.05) is 25.1 Å². The summed E-state index contributed by atoms with van der Waals surface area (Å²) in [7, 11) is 0. The number of ether oxygens (including phenoxy) is 2. The zero-order valence-electron chi connectivity index (χ0n) is 15.4. The smallest absolute Gasteiger partial charge is 0.257 e. The fourth-order valence-corrected chi connectivity index (χ4v) is 3.77. The molecule has 2 atom stereocenters. The number of fused-ring (bicyclic) bond motifs is 1. The van der Waals surface area contributed by atoms with E-state index in [1.807, 2.05) is 43.3 Å². The van der Waals surface area contributed by atoms with Crippen LogP contribution >= 0.6 is 0 Å². The number of carbonyl (C=O) groups is 1. The van der Waals surface area contributed by atoms with Crippen molar-refractivity contribution in [1.82, 2.24) is 4.90 Å². The Balaban J connectivity index is 1.74. The minimum Gasteiger partial charge on any atom is -0.504 e. The molecule has 2 aromatic carbocycles. The second-order valence-electron chi connectivity index (χ2n) is 6.81. The van der Waals surface area contributed by atoms with Gasteiger partial charge in [-0.15, -0.1) is 0 Å². The highest BCUT2D eigenvalue weighted by molar-refractivity contribution is 6.01. The summed E-state index contributed by atoms with van der Waals surface area (Å²) in [5.41, 5.74) is 2.01. The first kappa shape index (κ1) is 17.7. The molecule has 6 heteroatoms. The van der Waals surface area contributed by atoms with Gasteiger partial charge in [-0.1, -0.05) is 24.3 Å². The molecule has 1 fully saturated rings. The number of phenolic OH excluding ortho intramolecular Hbond substituents is 1. The average molecular weight is 368 g/mol. The van der Waals surface area contributed by atoms with E-state index in [4.69, 9.17) is 9.47 Å². The van der Waals surface area contributed by atoms with Gasteiger partial charge < -0.3 is 24.8 Å². The summed E-state index contributed by atoms with van der Waals surface area (Å²) in [6.45, 7) is 3.53. The van der Waals surface area contributed by atoms with Gasteiger partial charge in [0, 0.05) is 24.4 Å². The van der Waals surface area contributed by atoms with Crippen LogP contribution in [-0.4, -0.2) is 41.8 Å². The Labute approximate surface area is 158 Å². The summed E-state index contributed by atoms with van der Waals surface area (Å²) in [5, 5.41) is 14.2. The molecule has 0 bridgehead atoms. The first-order chi connectivity index (χ1) is 13.2. The van der Waals surface area contributed by atoms with Crippen LogP contribution in [0, 0.1) is 0 Å². The molecule has 2 heterocycles. The average Bonchev–Trinajstić information content (AvgIpc) is 3.19. The SMILES string of the molecule is CCOc1cccc([C@H]2Nc3ccccc3C(=O)N2C[C@@H]2CCCO2)c1O. The molecule has 0 radical (unpaired) electrons. The monoisotopic (exact) mass is 368 g/mol. The maximum absolute atomic E-state index is 13.2. The van der Waals surface area contributed by atoms with E-state index in [2.05, 4.69) is 5.32 Å². The number of hydrogen-bond acceptors (Lipinski definition) is 5. The first-order valence-electron chi connectivity index (χ1n) is 9.42. The van der Waals surface area contributed by atoms with Crippen LogP contribution < -0.4 is 10.1 Å². The van der Waals surface area contributed by atoms with E-state index in [9.17, 15) is 9.90 Å². The molecule has 6 nitrogen and oxygen atoms in total. The van der Waals surface area contributed by atoms with E-state index in [-0.39, 0.29) is 17.8 Å². The van der Waals surface area contributed by atoms with Crippen molar-refractivity contribution in [2.45, 2.75) is 32.0 Å². The molecule has 2 N–H and O–H groups in total. The highest BCUT2D eigenvalue weighted by atomic mass is 16.5. The van der Waals surface area contributed by atoms with Crippen LogP contribution in [0.2, 0.25) is 0 Å². The number of hydrogen-bond donors (Lipinski definition) is 2. The van der Waals surface area contributed by atoms with Gasteiger partial charge in [0.05, 0.1) is 18.3 Å². The Hall–Kier alpha value is -2.73. The second kappa shape index (κ2) is 7.48. The number of phenols is 1. The Kier molecular flexibility index (Phi) is 4.90. The predicted molar refractivity (Wildman–Crippen MR) is 102 cm³/mol. The maximum atomic E-state index is 13.2. The normalized spacial score (nSPS) is 21.7. The molecular formula is C21H24N2O4. The summed E-state index contributed by atoms with van der Waals surface area (Å²) < 4.78 is 11.3. The third kappa shape index (κ3) is 3.32. The van der Waals surface area contributed by atoms with E-state index < -0.39 is 6.17 Å². The van der Waals surface area contributed by atoms with Crippen molar-refractivity contribution in [1.29, 1.82) is 0 Å². The van der Waals surface area contributed by atoms with Gasteiger partial charge in [0.1, 0.15) is 6.17 Å². The highest BCUT2D eigenvalue weighted by Gasteiger charge is 2.36. The number of rotatable bonds is 5. The standard InChI is InChI=1S/C21H24N2O4/c1-2-26-18-11-5-9-16(19(18)24)20-22-17-10-4-3-8-15(17)21(25)23(20)13-14-7-6-12-27-14/h3-5,8-11,14,20,22,24H,2,6-7,12-13H2,1H3/t14-,20-/m0/s1. The molecule has 0 saturated carbocycles. The minimum absolute atomic E-state index is 0.0146. The number of aromatic hydroxyl groups is 1. The zero-order valence-corrected chi connectivity index (χ0v) is 15.4. The van der Waals surface area contributed by atoms with Crippen LogP contribution in [0.25, 0.3) is 0 Å². The summed E-state index contributed by atoms with van der Waals surface area (Å²) in [5.74, 6) is 0.410. The number of nitrogens with one attached hydrogen (secondary N) is 1. The fourth-order valence-electron chi connectivity index (χ4n) is 3.77. The quantitative estimate of drug-likeness (QED) is 0.845. The van der Waals surface area contributed by atoms with Crippen molar-refractivity contribution in [3.05, 3.63) is 53.6 Å². The molecule has 0 aromatic heterocycles. The van der Waals surface area contributed by atoms with Crippen molar-refractivity contribution in [2.24, 2.45) is 0 Å². The van der Waals surface area contributed by atoms with Gasteiger partial charge in [-0.05, 0) is 38.0 Å². The number of amides is 1. The number of anilines is 1. The minimum atomic E-state index is -0.489. The third-order valence-electron chi connectivity index (χ3n) is 5.07. The molecule has 27 heavy (non-hydrogen) atoms. The lowest BCUT2D eigenvalue weighted by atomic mass is 10.0. The lowest BCUT2D eigenvalue weighted by Crippen LogP contribution is -2.46. The lowest BCUT2D eigenvalue weighted by molar-refractivity contribution is 0.0424. The van der Waals surface area contributed by atoms with Gasteiger partial charge >= 0.3 is 0 Å². The van der Waals surface area contributed by atoms with Gasteiger partial charge in [0.15, 0.2) is 11.5 Å². The van der Waals surface area contributed by atoms with Gasteiger partial charge in [-0.3, -0.25) is 4.79 Å². The highest BCUT2D eigenvalue weighted by Crippen LogP contribution is 2.40. The molecule has 1 saturated heterocycles. The summed E-state index contributed by atoms with van der Waals surface area (Å²) >= 11 is 0. The Morgan fingerprint density at radius 2 is 2.11 bits per heavy atom. The van der Waals surface area contributed by atoms with Crippen LogP contribution in [-0.2, 0) is 4.74 Å². The van der Waals surface area contributed by atoms with Gasteiger partial charge in [-0.2, -0.15) is 0 Å². The van der Waals surface area contributed by atoms with Crippen LogP contribution in [0.5, 0.6) is 11.5 Å². The molecule has 2 aliphatic rings. The molecule has 0 unspecified atom stereocenters. The van der Waals surface area contributed by atoms with Crippen molar-refractivity contribution in [3.63, 3.8) is 0 Å². The Bertz CT molecular complexity index is 833. The fraction of sp³-hybridized carbons (Fsp3) is 0.381. The van der Waals surface area contributed by atoms with Crippen molar-refractivity contribution >= 4 is 11.6 Å². The summed E-state index contributed by atoms with van der Waals surface area (Å²) in [6.07, 6.45) is 1.47. The van der Waals surface area contributed by atoms with E-state index in [1.54, 1.807) is 11.0 Å². The van der Waals surface area contributed by atoms with E-state index in [0.29, 0.717) is 30.0 Å². The van der Waals surface area contributed by atoms with Crippen LogP contribution in [0.15, 0.2) is 42.5 Å². The van der Waals surface area contributed by atoms with Gasteiger partial charge in [0.25, 0.3) is 5.91 Å². The Morgan fingerprint density at radius 3 is 2.89 bits per heavy atom. The van der Waals surface area contributed by atoms with Crippen molar-refractivity contribution in [3.8, 4) is 11.5 Å². The molecule has 0 aliphatic carbocycles. The van der Waals surface area contributed by atoms with Gasteiger partial charge in [0.2, 0.25) is 0 Å². The number of benzene rings is 2. The first-order valence-corrected chi connectivity index (χ1v) is 9.42. The molecule has 0 spiro atoms. The topological polar surface area (TPSA) is 71.0 Å². The van der Waals surface area contributed by atoms with E-state index in [0.717, 1.165) is 25.1 Å². The molecule has 1 amide bonds. The van der Waals surface area contributed by atoms with E-state index in [1.165, 1.54) is 0 Å². The number of nitrogens with zero attached hydrogens (tertiary/aromatic N) is 1. The molecule has 2 aliphatic heterocycles. The summed E-state index contributed by atoms with van der Waals surface area (Å²) in [6, 6.07) is 12.8. The molecule has 142 valence electrons. The van der Waals surface area contributed by atoms with E-state index >= 15 is 0 Å². The number of para-hydroxylation sites is 2. The summed E-state index contributed by atoms with van der Waals surface area (Å²) in [4.78, 5) is 15.0. The molecule has 4 rings (SSSR count). The predicted octanol–water partition coefficient (Wildman–Crippen LogP) is 3.54. The Morgan fingerprint density at radius 1 is 1.26 bits per heavy atom. The number of carbonyl (C=O) groups excluding carboxylic acids is 1. The molecule has 2 aromatic rings. The van der Waals surface area contributed by atoms with Crippen LogP contribution in [0.1, 0.15) is 41.9 Å². The van der Waals surface area contributed by atoms with Crippen LogP contribution in [0.3, 0.4) is 0 Å². The molecular weight excluding hydrogens is 344 g/mol.